The molecule has 2 aliphatic rings. The van der Waals surface area contributed by atoms with Crippen molar-refractivity contribution >= 4 is 26.3 Å². The summed E-state index contributed by atoms with van der Waals surface area (Å²) in [6, 6.07) is 0. The molecule has 0 unspecified atom stereocenters. The van der Waals surface area contributed by atoms with Crippen molar-refractivity contribution in [2.24, 2.45) is 0 Å². The van der Waals surface area contributed by atoms with Crippen LogP contribution in [0, 0.1) is 0 Å². The molecule has 2 fully saturated rings. The molecule has 0 aromatic carbocycles. The van der Waals surface area contributed by atoms with Gasteiger partial charge in [0.25, 0.3) is 0 Å². The van der Waals surface area contributed by atoms with E-state index in [1.165, 1.54) is 5.32 Å². The van der Waals surface area contributed by atoms with Crippen LogP contribution in [0.2, 0.25) is 10.1 Å². The third-order valence-electron chi connectivity index (χ3n) is 2.18. The van der Waals surface area contributed by atoms with Crippen molar-refractivity contribution in [3.63, 3.8) is 0 Å². The van der Waals surface area contributed by atoms with Gasteiger partial charge in [-0.15, -0.1) is 0 Å². The van der Waals surface area contributed by atoms with E-state index in [9.17, 15) is 0 Å². The molecule has 2 heterocycles. The summed E-state index contributed by atoms with van der Waals surface area (Å²) in [6.07, 6.45) is 0.534. The number of ether oxygens (including phenoxy) is 3. The fraction of sp³-hybridized carbons (Fsp3) is 1.00. The van der Waals surface area contributed by atoms with Crippen LogP contribution in [0.3, 0.4) is 0 Å². The second-order valence-corrected chi connectivity index (χ2v) is 10.2. The minimum absolute atomic E-state index is 0.108. The molecule has 0 bridgehead atoms. The number of rotatable bonds is 2. The summed E-state index contributed by atoms with van der Waals surface area (Å²) in [5.74, 6) is 0. The first-order valence-electron chi connectivity index (χ1n) is 3.86. The molecule has 0 N–H and O–H groups in total. The molecular formula is C7H12O3Se2. The molecule has 70 valence electrons. The summed E-state index contributed by atoms with van der Waals surface area (Å²) in [5, 5.41) is 1.26. The summed E-state index contributed by atoms with van der Waals surface area (Å²) < 4.78 is 16.3. The SMILES string of the molecule is CO[C@H]1O[C@@H]2C[Se][Se][C@@H]2[C@@H]1OC. The Balaban J connectivity index is 2.05. The van der Waals surface area contributed by atoms with Gasteiger partial charge in [0.1, 0.15) is 0 Å². The minimum atomic E-state index is -0.108. The molecule has 4 atom stereocenters. The summed E-state index contributed by atoms with van der Waals surface area (Å²) in [4.78, 5) is 0.660. The van der Waals surface area contributed by atoms with Crippen molar-refractivity contribution in [3.8, 4) is 0 Å². The van der Waals surface area contributed by atoms with Crippen LogP contribution < -0.4 is 0 Å². The van der Waals surface area contributed by atoms with E-state index in [0.717, 1.165) is 26.3 Å². The number of hydrogen-bond acceptors (Lipinski definition) is 3. The molecule has 0 saturated carbocycles. The normalized spacial score (nSPS) is 46.5. The van der Waals surface area contributed by atoms with Crippen molar-refractivity contribution in [1.82, 2.24) is 0 Å². The van der Waals surface area contributed by atoms with E-state index in [2.05, 4.69) is 0 Å². The molecule has 0 aliphatic carbocycles. The van der Waals surface area contributed by atoms with Gasteiger partial charge in [-0.2, -0.15) is 0 Å². The molecule has 0 amide bonds. The van der Waals surface area contributed by atoms with Crippen molar-refractivity contribution in [2.45, 2.75) is 28.6 Å². The molecule has 2 rings (SSSR count). The predicted molar refractivity (Wildman–Crippen MR) is 46.5 cm³/mol. The predicted octanol–water partition coefficient (Wildman–Crippen LogP) is -0.0835. The first-order valence-corrected chi connectivity index (χ1v) is 10.4. The zero-order valence-corrected chi connectivity index (χ0v) is 10.5. The number of hydrogen-bond donors (Lipinski definition) is 0. The maximum absolute atomic E-state index is 5.72. The molecule has 12 heavy (non-hydrogen) atoms. The summed E-state index contributed by atoms with van der Waals surface area (Å²) >= 11 is 1.59. The molecule has 0 spiro atoms. The van der Waals surface area contributed by atoms with Gasteiger partial charge >= 0.3 is 83.3 Å². The monoisotopic (exact) mass is 304 g/mol. The van der Waals surface area contributed by atoms with Gasteiger partial charge in [-0.3, -0.25) is 0 Å². The summed E-state index contributed by atoms with van der Waals surface area (Å²) in [6.45, 7) is 0. The standard InChI is InChI=1S/C7H12O3Se2/c1-8-5-6-4(3-11-12-6)10-7(5)9-2/h4-7H,3H2,1-2H3/t4-,5+,6+,7+/m1/s1. The maximum atomic E-state index is 5.72. The fourth-order valence-electron chi connectivity index (χ4n) is 1.56. The van der Waals surface area contributed by atoms with E-state index in [-0.39, 0.29) is 12.4 Å². The van der Waals surface area contributed by atoms with Crippen LogP contribution in [-0.4, -0.2) is 59.0 Å². The Labute approximate surface area is 83.4 Å². The Kier molecular flexibility index (Phi) is 3.13. The van der Waals surface area contributed by atoms with Gasteiger partial charge in [0.2, 0.25) is 0 Å². The Morgan fingerprint density at radius 2 is 2.17 bits per heavy atom. The van der Waals surface area contributed by atoms with E-state index >= 15 is 0 Å². The zero-order chi connectivity index (χ0) is 8.55. The number of fused-ring (bicyclic) bond motifs is 1. The average molecular weight is 302 g/mol. The average Bonchev–Trinajstić information content (AvgIpc) is 2.61. The molecule has 0 aromatic rings. The Morgan fingerprint density at radius 1 is 1.33 bits per heavy atom. The first-order chi connectivity index (χ1) is 5.86. The molecule has 2 aliphatic heterocycles. The van der Waals surface area contributed by atoms with Crippen molar-refractivity contribution in [2.75, 3.05) is 14.2 Å². The quantitative estimate of drug-likeness (QED) is 0.668. The summed E-state index contributed by atoms with van der Waals surface area (Å²) in [5.41, 5.74) is 0. The van der Waals surface area contributed by atoms with Crippen molar-refractivity contribution in [3.05, 3.63) is 0 Å². The van der Waals surface area contributed by atoms with Crippen LogP contribution in [0.5, 0.6) is 0 Å². The van der Waals surface area contributed by atoms with Crippen LogP contribution in [-0.2, 0) is 14.2 Å². The second kappa shape index (κ2) is 3.97. The second-order valence-electron chi connectivity index (χ2n) is 2.82. The zero-order valence-electron chi connectivity index (χ0n) is 7.06. The molecule has 2 saturated heterocycles. The van der Waals surface area contributed by atoms with Crippen LogP contribution in [0.1, 0.15) is 0 Å². The van der Waals surface area contributed by atoms with Gasteiger partial charge in [-0.05, 0) is 0 Å². The van der Waals surface area contributed by atoms with E-state index in [4.69, 9.17) is 14.2 Å². The van der Waals surface area contributed by atoms with E-state index in [1.54, 1.807) is 14.2 Å². The van der Waals surface area contributed by atoms with E-state index in [0.29, 0.717) is 10.9 Å². The van der Waals surface area contributed by atoms with Gasteiger partial charge in [-0.1, -0.05) is 0 Å². The number of methoxy groups -OCH3 is 2. The van der Waals surface area contributed by atoms with Gasteiger partial charge in [0.15, 0.2) is 0 Å². The first kappa shape index (κ1) is 9.47. The molecular weight excluding hydrogens is 290 g/mol. The van der Waals surface area contributed by atoms with Gasteiger partial charge in [0, 0.05) is 0 Å². The molecule has 0 aromatic heterocycles. The molecule has 3 nitrogen and oxygen atoms in total. The molecule has 5 heteroatoms. The van der Waals surface area contributed by atoms with Crippen LogP contribution in [0.25, 0.3) is 0 Å². The Morgan fingerprint density at radius 3 is 2.83 bits per heavy atom. The van der Waals surface area contributed by atoms with Crippen LogP contribution in [0.4, 0.5) is 0 Å². The van der Waals surface area contributed by atoms with E-state index < -0.39 is 0 Å². The van der Waals surface area contributed by atoms with Gasteiger partial charge in [0.05, 0.1) is 0 Å². The van der Waals surface area contributed by atoms with Gasteiger partial charge < -0.3 is 0 Å². The van der Waals surface area contributed by atoms with Crippen LogP contribution >= 0.6 is 0 Å². The Bertz CT molecular complexity index is 167. The molecule has 0 radical (unpaired) electrons. The van der Waals surface area contributed by atoms with Crippen molar-refractivity contribution in [1.29, 1.82) is 0 Å². The third kappa shape index (κ3) is 1.48. The third-order valence-corrected chi connectivity index (χ3v) is 10.5. The fourth-order valence-corrected chi connectivity index (χ4v) is 11.5. The van der Waals surface area contributed by atoms with E-state index in [1.807, 2.05) is 0 Å². The summed E-state index contributed by atoms with van der Waals surface area (Å²) in [7, 11) is 3.44. The Hall–Kier alpha value is 0.919. The van der Waals surface area contributed by atoms with Gasteiger partial charge in [-0.25, -0.2) is 0 Å². The van der Waals surface area contributed by atoms with Crippen LogP contribution in [0.15, 0.2) is 0 Å². The topological polar surface area (TPSA) is 27.7 Å². The van der Waals surface area contributed by atoms with Crippen molar-refractivity contribution < 1.29 is 14.2 Å².